The summed E-state index contributed by atoms with van der Waals surface area (Å²) in [6, 6.07) is 16.4. The van der Waals surface area contributed by atoms with Crippen LogP contribution < -0.4 is 15.0 Å². The van der Waals surface area contributed by atoms with Gasteiger partial charge in [-0.3, -0.25) is 4.79 Å². The van der Waals surface area contributed by atoms with Crippen LogP contribution in [0.1, 0.15) is 33.1 Å². The van der Waals surface area contributed by atoms with E-state index in [0.717, 1.165) is 22.6 Å². The van der Waals surface area contributed by atoms with E-state index in [1.165, 1.54) is 0 Å². The van der Waals surface area contributed by atoms with Crippen LogP contribution in [0.15, 0.2) is 54.6 Å². The Labute approximate surface area is 199 Å². The van der Waals surface area contributed by atoms with Gasteiger partial charge in [0.1, 0.15) is 11.6 Å². The van der Waals surface area contributed by atoms with Crippen LogP contribution in [0.25, 0.3) is 5.82 Å². The predicted molar refractivity (Wildman–Crippen MR) is 133 cm³/mol. The van der Waals surface area contributed by atoms with Crippen molar-refractivity contribution in [3.8, 4) is 17.4 Å². The molecule has 4 aromatic rings. The van der Waals surface area contributed by atoms with Crippen LogP contribution >= 0.6 is 0 Å². The molecule has 0 bridgehead atoms. The van der Waals surface area contributed by atoms with Gasteiger partial charge < -0.3 is 15.0 Å². The van der Waals surface area contributed by atoms with Crippen LogP contribution in [0.4, 0.5) is 11.4 Å². The largest absolute Gasteiger partial charge is 0.439 e. The number of carbonyl (C=O) groups excluding carboxylic acids is 1. The average molecular weight is 457 g/mol. The number of rotatable bonds is 6. The van der Waals surface area contributed by atoms with Gasteiger partial charge in [-0.15, -0.1) is 0 Å². The number of aromatic nitrogens is 4. The Bertz CT molecular complexity index is 1320. The molecular formula is C26H28N6O2. The summed E-state index contributed by atoms with van der Waals surface area (Å²) in [5, 5.41) is 7.48. The summed E-state index contributed by atoms with van der Waals surface area (Å²) < 4.78 is 7.77. The molecule has 8 heteroatoms. The van der Waals surface area contributed by atoms with E-state index in [1.807, 2.05) is 71.0 Å². The lowest BCUT2D eigenvalue weighted by Crippen LogP contribution is -2.13. The number of benzene rings is 2. The molecular weight excluding hydrogens is 428 g/mol. The van der Waals surface area contributed by atoms with Gasteiger partial charge in [0.2, 0.25) is 5.88 Å². The van der Waals surface area contributed by atoms with Gasteiger partial charge in [-0.1, -0.05) is 0 Å². The topological polar surface area (TPSA) is 85.2 Å². The third kappa shape index (κ3) is 4.91. The minimum absolute atomic E-state index is 0.171. The van der Waals surface area contributed by atoms with Gasteiger partial charge in [0.25, 0.3) is 5.91 Å². The lowest BCUT2D eigenvalue weighted by atomic mass is 10.2. The maximum absolute atomic E-state index is 12.6. The Morgan fingerprint density at radius 2 is 1.62 bits per heavy atom. The SMILES string of the molecule is Cc1nc(Oc2ccc(NC(=O)c3ccc(N(C)C)cc3)cc2)cc(-n2nc(C)c(C)c2C)n1. The molecule has 0 aliphatic rings. The Morgan fingerprint density at radius 1 is 0.941 bits per heavy atom. The molecule has 0 aliphatic carbocycles. The maximum Gasteiger partial charge on any atom is 0.255 e. The molecule has 0 atom stereocenters. The molecule has 0 fully saturated rings. The van der Waals surface area contributed by atoms with Crippen LogP contribution in [0, 0.1) is 27.7 Å². The van der Waals surface area contributed by atoms with E-state index < -0.39 is 0 Å². The smallest absolute Gasteiger partial charge is 0.255 e. The van der Waals surface area contributed by atoms with Crippen molar-refractivity contribution in [2.75, 3.05) is 24.3 Å². The van der Waals surface area contributed by atoms with Crippen molar-refractivity contribution in [2.24, 2.45) is 0 Å². The summed E-state index contributed by atoms with van der Waals surface area (Å²) in [7, 11) is 3.92. The first kappa shape index (κ1) is 23.0. The highest BCUT2D eigenvalue weighted by Gasteiger charge is 2.13. The van der Waals surface area contributed by atoms with E-state index in [2.05, 4.69) is 20.4 Å². The molecule has 8 nitrogen and oxygen atoms in total. The average Bonchev–Trinajstić information content (AvgIpc) is 3.07. The Hall–Kier alpha value is -4.20. The van der Waals surface area contributed by atoms with Crippen molar-refractivity contribution >= 4 is 17.3 Å². The summed E-state index contributed by atoms with van der Waals surface area (Å²) in [5.41, 5.74) is 5.42. The van der Waals surface area contributed by atoms with Gasteiger partial charge >= 0.3 is 0 Å². The third-order valence-corrected chi connectivity index (χ3v) is 5.65. The first-order valence-corrected chi connectivity index (χ1v) is 11.0. The zero-order valence-corrected chi connectivity index (χ0v) is 20.2. The van der Waals surface area contributed by atoms with Crippen molar-refractivity contribution in [3.63, 3.8) is 0 Å². The molecule has 2 heterocycles. The molecule has 34 heavy (non-hydrogen) atoms. The number of hydrogen-bond donors (Lipinski definition) is 1. The monoisotopic (exact) mass is 456 g/mol. The van der Waals surface area contributed by atoms with Gasteiger partial charge in [0.15, 0.2) is 5.82 Å². The number of carbonyl (C=O) groups is 1. The van der Waals surface area contributed by atoms with E-state index in [-0.39, 0.29) is 5.91 Å². The summed E-state index contributed by atoms with van der Waals surface area (Å²) in [6.07, 6.45) is 0. The van der Waals surface area contributed by atoms with Gasteiger partial charge in [-0.25, -0.2) is 9.67 Å². The molecule has 1 amide bonds. The zero-order valence-electron chi connectivity index (χ0n) is 20.2. The molecule has 0 saturated heterocycles. The lowest BCUT2D eigenvalue weighted by Gasteiger charge is -2.13. The van der Waals surface area contributed by atoms with E-state index in [1.54, 1.807) is 35.0 Å². The summed E-state index contributed by atoms with van der Waals surface area (Å²) in [5.74, 6) is 2.09. The summed E-state index contributed by atoms with van der Waals surface area (Å²) in [6.45, 7) is 7.85. The highest BCUT2D eigenvalue weighted by molar-refractivity contribution is 6.04. The fraction of sp³-hybridized carbons (Fsp3) is 0.231. The molecule has 2 aromatic carbocycles. The van der Waals surface area contributed by atoms with E-state index >= 15 is 0 Å². The van der Waals surface area contributed by atoms with E-state index in [9.17, 15) is 4.79 Å². The summed E-state index contributed by atoms with van der Waals surface area (Å²) in [4.78, 5) is 23.4. The number of hydrogen-bond acceptors (Lipinski definition) is 6. The van der Waals surface area contributed by atoms with Crippen LogP contribution in [0.2, 0.25) is 0 Å². The normalized spacial score (nSPS) is 10.8. The van der Waals surface area contributed by atoms with E-state index in [4.69, 9.17) is 4.74 Å². The van der Waals surface area contributed by atoms with Crippen LogP contribution in [-0.2, 0) is 0 Å². The molecule has 2 aromatic heterocycles. The third-order valence-electron chi connectivity index (χ3n) is 5.65. The highest BCUT2D eigenvalue weighted by atomic mass is 16.5. The van der Waals surface area contributed by atoms with Crippen LogP contribution in [0.3, 0.4) is 0 Å². The van der Waals surface area contributed by atoms with Gasteiger partial charge in [0, 0.05) is 42.8 Å². The predicted octanol–water partition coefficient (Wildman–Crippen LogP) is 5.01. The molecule has 0 spiro atoms. The number of aryl methyl sites for hydroxylation is 2. The number of nitrogens with one attached hydrogen (secondary N) is 1. The van der Waals surface area contributed by atoms with Crippen molar-refractivity contribution in [1.29, 1.82) is 0 Å². The number of ether oxygens (including phenoxy) is 1. The Morgan fingerprint density at radius 3 is 2.21 bits per heavy atom. The van der Waals surface area contributed by atoms with Crippen LogP contribution in [-0.4, -0.2) is 39.8 Å². The highest BCUT2D eigenvalue weighted by Crippen LogP contribution is 2.24. The fourth-order valence-electron chi connectivity index (χ4n) is 3.47. The molecule has 174 valence electrons. The number of anilines is 2. The molecule has 0 aliphatic heterocycles. The Kier molecular flexibility index (Phi) is 6.32. The summed E-state index contributed by atoms with van der Waals surface area (Å²) >= 11 is 0. The van der Waals surface area contributed by atoms with Crippen molar-refractivity contribution in [1.82, 2.24) is 19.7 Å². The molecule has 0 radical (unpaired) electrons. The van der Waals surface area contributed by atoms with E-state index in [0.29, 0.717) is 34.5 Å². The second kappa shape index (κ2) is 9.35. The fourth-order valence-corrected chi connectivity index (χ4v) is 3.47. The second-order valence-corrected chi connectivity index (χ2v) is 8.34. The Balaban J connectivity index is 1.47. The van der Waals surface area contributed by atoms with Crippen LogP contribution in [0.5, 0.6) is 11.6 Å². The second-order valence-electron chi connectivity index (χ2n) is 8.34. The quantitative estimate of drug-likeness (QED) is 0.439. The molecule has 1 N–H and O–H groups in total. The molecule has 0 saturated carbocycles. The van der Waals surface area contributed by atoms with Gasteiger partial charge in [-0.05, 0) is 81.8 Å². The first-order valence-electron chi connectivity index (χ1n) is 11.0. The van der Waals surface area contributed by atoms with Gasteiger partial charge in [0.05, 0.1) is 5.69 Å². The minimum Gasteiger partial charge on any atom is -0.439 e. The zero-order chi connectivity index (χ0) is 24.4. The molecule has 4 rings (SSSR count). The molecule has 0 unspecified atom stereocenters. The van der Waals surface area contributed by atoms with Crippen molar-refractivity contribution < 1.29 is 9.53 Å². The van der Waals surface area contributed by atoms with Crippen molar-refractivity contribution in [2.45, 2.75) is 27.7 Å². The van der Waals surface area contributed by atoms with Gasteiger partial charge in [-0.2, -0.15) is 10.1 Å². The maximum atomic E-state index is 12.6. The lowest BCUT2D eigenvalue weighted by molar-refractivity contribution is 0.102. The number of nitrogens with zero attached hydrogens (tertiary/aromatic N) is 5. The minimum atomic E-state index is -0.171. The van der Waals surface area contributed by atoms with Crippen molar-refractivity contribution in [3.05, 3.63) is 82.9 Å². The first-order chi connectivity index (χ1) is 16.2. The standard InChI is InChI=1S/C26H28N6O2/c1-16-17(2)30-32(18(16)3)24-15-25(28-19(4)27-24)34-23-13-9-21(10-14-23)29-26(33)20-7-11-22(12-8-20)31(5)6/h7-15H,1-6H3,(H,29,33). The number of amides is 1.